The van der Waals surface area contributed by atoms with Crippen LogP contribution in [0.2, 0.25) is 0 Å². The Kier molecular flexibility index (Phi) is 5.73. The first-order chi connectivity index (χ1) is 10.5. The fourth-order valence-electron chi connectivity index (χ4n) is 2.22. The van der Waals surface area contributed by atoms with Crippen molar-refractivity contribution in [2.45, 2.75) is 33.7 Å². The number of hydrogen-bond acceptors (Lipinski definition) is 2. The molecule has 0 saturated heterocycles. The molecule has 3 heteroatoms. The number of nitrogens with one attached hydrogen (secondary N) is 2. The normalized spacial score (nSPS) is 10.5. The van der Waals surface area contributed by atoms with Gasteiger partial charge in [0.05, 0.1) is 0 Å². The van der Waals surface area contributed by atoms with E-state index in [1.807, 2.05) is 32.0 Å². The third-order valence-electron chi connectivity index (χ3n) is 3.65. The summed E-state index contributed by atoms with van der Waals surface area (Å²) in [5, 5.41) is 6.28. The summed E-state index contributed by atoms with van der Waals surface area (Å²) in [7, 11) is 0. The van der Waals surface area contributed by atoms with Crippen molar-refractivity contribution in [2.75, 3.05) is 11.9 Å². The summed E-state index contributed by atoms with van der Waals surface area (Å²) in [5.74, 6) is 0.0464. The Bertz CT molecular complexity index is 632. The van der Waals surface area contributed by atoms with Gasteiger partial charge < -0.3 is 10.6 Å². The maximum atomic E-state index is 12.0. The van der Waals surface area contributed by atoms with E-state index in [1.54, 1.807) is 0 Å². The maximum Gasteiger partial charge on any atom is 0.225 e. The molecular formula is C19H24N2O. The van der Waals surface area contributed by atoms with E-state index in [9.17, 15) is 4.79 Å². The molecule has 0 aromatic heterocycles. The van der Waals surface area contributed by atoms with Gasteiger partial charge in [0.15, 0.2) is 0 Å². The van der Waals surface area contributed by atoms with Crippen molar-refractivity contribution in [1.82, 2.24) is 5.32 Å². The van der Waals surface area contributed by atoms with Crippen LogP contribution in [0.3, 0.4) is 0 Å². The van der Waals surface area contributed by atoms with E-state index in [1.165, 1.54) is 11.1 Å². The smallest absolute Gasteiger partial charge is 0.225 e. The van der Waals surface area contributed by atoms with E-state index in [0.29, 0.717) is 13.0 Å². The number of anilines is 1. The van der Waals surface area contributed by atoms with Crippen LogP contribution in [0.1, 0.15) is 28.7 Å². The average Bonchev–Trinajstić information content (AvgIpc) is 2.49. The predicted octanol–water partition coefficient (Wildman–Crippen LogP) is 3.73. The molecule has 116 valence electrons. The number of hydrogen-bond donors (Lipinski definition) is 2. The van der Waals surface area contributed by atoms with Crippen molar-refractivity contribution in [1.29, 1.82) is 0 Å². The second kappa shape index (κ2) is 7.76. The summed E-state index contributed by atoms with van der Waals surface area (Å²) in [6.45, 7) is 7.57. The molecule has 0 aliphatic carbocycles. The molecule has 2 N–H and O–H groups in total. The van der Waals surface area contributed by atoms with Crippen LogP contribution in [-0.4, -0.2) is 12.5 Å². The van der Waals surface area contributed by atoms with Crippen LogP contribution >= 0.6 is 0 Å². The van der Waals surface area contributed by atoms with Crippen molar-refractivity contribution in [3.05, 3.63) is 64.7 Å². The van der Waals surface area contributed by atoms with Crippen molar-refractivity contribution in [2.24, 2.45) is 0 Å². The molecule has 2 aromatic carbocycles. The van der Waals surface area contributed by atoms with E-state index in [0.717, 1.165) is 23.4 Å². The second-order valence-electron chi connectivity index (χ2n) is 5.78. The molecule has 1 amide bonds. The molecule has 0 fully saturated rings. The third kappa shape index (κ3) is 5.01. The monoisotopic (exact) mass is 296 g/mol. The van der Waals surface area contributed by atoms with Crippen LogP contribution in [0, 0.1) is 20.8 Å². The zero-order valence-electron chi connectivity index (χ0n) is 13.6. The lowest BCUT2D eigenvalue weighted by atomic mass is 10.1. The summed E-state index contributed by atoms with van der Waals surface area (Å²) < 4.78 is 0. The van der Waals surface area contributed by atoms with Crippen molar-refractivity contribution >= 4 is 11.6 Å². The Hall–Kier alpha value is -2.13. The highest BCUT2D eigenvalue weighted by Crippen LogP contribution is 2.16. The number of aryl methyl sites for hydroxylation is 3. The van der Waals surface area contributed by atoms with Crippen molar-refractivity contribution < 1.29 is 4.79 Å². The summed E-state index contributed by atoms with van der Waals surface area (Å²) in [6, 6.07) is 14.5. The summed E-state index contributed by atoms with van der Waals surface area (Å²) in [5.41, 5.74) is 5.64. The van der Waals surface area contributed by atoms with Gasteiger partial charge in [-0.15, -0.1) is 0 Å². The highest BCUT2D eigenvalue weighted by atomic mass is 16.1. The highest BCUT2D eigenvalue weighted by Gasteiger charge is 2.04. The molecule has 0 radical (unpaired) electrons. The van der Waals surface area contributed by atoms with Gasteiger partial charge in [-0.05, 0) is 43.5 Å². The lowest BCUT2D eigenvalue weighted by molar-refractivity contribution is -0.116. The van der Waals surface area contributed by atoms with Crippen LogP contribution in [0.25, 0.3) is 0 Å². The predicted molar refractivity (Wildman–Crippen MR) is 92.0 cm³/mol. The van der Waals surface area contributed by atoms with Gasteiger partial charge in [0, 0.05) is 25.2 Å². The van der Waals surface area contributed by atoms with Crippen molar-refractivity contribution in [3.8, 4) is 0 Å². The largest absolute Gasteiger partial charge is 0.326 e. The van der Waals surface area contributed by atoms with Gasteiger partial charge in [-0.25, -0.2) is 0 Å². The fourth-order valence-corrected chi connectivity index (χ4v) is 2.22. The molecule has 0 unspecified atom stereocenters. The highest BCUT2D eigenvalue weighted by molar-refractivity contribution is 5.91. The molecule has 0 atom stereocenters. The van der Waals surface area contributed by atoms with Crippen LogP contribution < -0.4 is 10.6 Å². The minimum atomic E-state index is 0.0464. The lowest BCUT2D eigenvalue weighted by Crippen LogP contribution is -2.21. The fraction of sp³-hybridized carbons (Fsp3) is 0.316. The standard InChI is InChI=1S/C19H24N2O/c1-14-5-8-17(9-6-14)13-20-11-10-19(22)21-18-12-15(2)4-7-16(18)3/h4-9,12,20H,10-11,13H2,1-3H3,(H,21,22). The van der Waals surface area contributed by atoms with Gasteiger partial charge in [-0.1, -0.05) is 42.0 Å². The van der Waals surface area contributed by atoms with Gasteiger partial charge in [-0.2, -0.15) is 0 Å². The van der Waals surface area contributed by atoms with Gasteiger partial charge >= 0.3 is 0 Å². The van der Waals surface area contributed by atoms with Gasteiger partial charge in [-0.3, -0.25) is 4.79 Å². The van der Waals surface area contributed by atoms with Gasteiger partial charge in [0.25, 0.3) is 0 Å². The van der Waals surface area contributed by atoms with Gasteiger partial charge in [0.1, 0.15) is 0 Å². The first kappa shape index (κ1) is 16.2. The lowest BCUT2D eigenvalue weighted by Gasteiger charge is -2.10. The second-order valence-corrected chi connectivity index (χ2v) is 5.78. The number of carbonyl (C=O) groups is 1. The molecule has 0 aliphatic rings. The first-order valence-corrected chi connectivity index (χ1v) is 7.68. The van der Waals surface area contributed by atoms with Crippen molar-refractivity contribution in [3.63, 3.8) is 0 Å². The van der Waals surface area contributed by atoms with Crippen LogP contribution in [0.15, 0.2) is 42.5 Å². The minimum absolute atomic E-state index is 0.0464. The summed E-state index contributed by atoms with van der Waals surface area (Å²) in [4.78, 5) is 12.0. The maximum absolute atomic E-state index is 12.0. The molecule has 22 heavy (non-hydrogen) atoms. The number of benzene rings is 2. The molecule has 2 aromatic rings. The number of carbonyl (C=O) groups excluding carboxylic acids is 1. The molecule has 0 bridgehead atoms. The Morgan fingerprint density at radius 3 is 2.36 bits per heavy atom. The topological polar surface area (TPSA) is 41.1 Å². The Balaban J connectivity index is 1.74. The minimum Gasteiger partial charge on any atom is -0.326 e. The molecule has 0 saturated carbocycles. The Labute approximate surface area is 132 Å². The molecule has 3 nitrogen and oxygen atoms in total. The number of amides is 1. The van der Waals surface area contributed by atoms with E-state index in [2.05, 4.69) is 41.8 Å². The van der Waals surface area contributed by atoms with Crippen LogP contribution in [0.5, 0.6) is 0 Å². The molecule has 0 spiro atoms. The zero-order chi connectivity index (χ0) is 15.9. The molecule has 2 rings (SSSR count). The summed E-state index contributed by atoms with van der Waals surface area (Å²) in [6.07, 6.45) is 0.471. The molecule has 0 aliphatic heterocycles. The Morgan fingerprint density at radius 2 is 1.64 bits per heavy atom. The third-order valence-corrected chi connectivity index (χ3v) is 3.65. The van der Waals surface area contributed by atoms with E-state index >= 15 is 0 Å². The van der Waals surface area contributed by atoms with E-state index in [-0.39, 0.29) is 5.91 Å². The van der Waals surface area contributed by atoms with E-state index < -0.39 is 0 Å². The zero-order valence-corrected chi connectivity index (χ0v) is 13.6. The molecule has 0 heterocycles. The SMILES string of the molecule is Cc1ccc(CNCCC(=O)Nc2cc(C)ccc2C)cc1. The molecular weight excluding hydrogens is 272 g/mol. The quantitative estimate of drug-likeness (QED) is 0.798. The Morgan fingerprint density at radius 1 is 0.955 bits per heavy atom. The average molecular weight is 296 g/mol. The van der Waals surface area contributed by atoms with E-state index in [4.69, 9.17) is 0 Å². The first-order valence-electron chi connectivity index (χ1n) is 7.68. The van der Waals surface area contributed by atoms with Crippen LogP contribution in [-0.2, 0) is 11.3 Å². The van der Waals surface area contributed by atoms with Crippen LogP contribution in [0.4, 0.5) is 5.69 Å². The number of rotatable bonds is 6. The summed E-state index contributed by atoms with van der Waals surface area (Å²) >= 11 is 0. The van der Waals surface area contributed by atoms with Gasteiger partial charge in [0.2, 0.25) is 5.91 Å².